The van der Waals surface area contributed by atoms with Crippen molar-refractivity contribution in [2.24, 2.45) is 0 Å². The fourth-order valence-corrected chi connectivity index (χ4v) is 2.43. The predicted molar refractivity (Wildman–Crippen MR) is 107 cm³/mol. The molecule has 2 rings (SSSR count). The SMILES string of the molecule is CCOc1ccc(NC(=O)COC(=O)CCC(=O)Nc2cccc(C(F)(F)F)c2)cc1. The lowest BCUT2D eigenvalue weighted by Crippen LogP contribution is -2.21. The zero-order valence-electron chi connectivity index (χ0n) is 16.6. The number of hydrogen-bond donors (Lipinski definition) is 2. The fraction of sp³-hybridized carbons (Fsp3) is 0.286. The van der Waals surface area contributed by atoms with Crippen LogP contribution >= 0.6 is 0 Å². The number of anilines is 2. The molecule has 2 aromatic carbocycles. The molecule has 7 nitrogen and oxygen atoms in total. The number of ether oxygens (including phenoxy) is 2. The van der Waals surface area contributed by atoms with Gasteiger partial charge in [0, 0.05) is 17.8 Å². The third-order valence-electron chi connectivity index (χ3n) is 3.84. The number of carbonyl (C=O) groups excluding carboxylic acids is 3. The maximum absolute atomic E-state index is 12.7. The second-order valence-electron chi connectivity index (χ2n) is 6.29. The normalized spacial score (nSPS) is 10.8. The quantitative estimate of drug-likeness (QED) is 0.577. The van der Waals surface area contributed by atoms with E-state index >= 15 is 0 Å². The molecule has 0 saturated carbocycles. The van der Waals surface area contributed by atoms with Gasteiger partial charge in [-0.05, 0) is 49.4 Å². The van der Waals surface area contributed by atoms with Crippen LogP contribution in [0, 0.1) is 0 Å². The molecular formula is C21H21F3N2O5. The molecule has 0 fully saturated rings. The van der Waals surface area contributed by atoms with E-state index in [1.807, 2.05) is 6.92 Å². The third-order valence-corrected chi connectivity index (χ3v) is 3.84. The second kappa shape index (κ2) is 11.0. The molecule has 0 spiro atoms. The minimum Gasteiger partial charge on any atom is -0.494 e. The highest BCUT2D eigenvalue weighted by atomic mass is 19.4. The van der Waals surface area contributed by atoms with Crippen molar-refractivity contribution in [3.8, 4) is 5.75 Å². The molecule has 10 heteroatoms. The zero-order valence-corrected chi connectivity index (χ0v) is 16.6. The van der Waals surface area contributed by atoms with Gasteiger partial charge in [-0.15, -0.1) is 0 Å². The maximum Gasteiger partial charge on any atom is 0.416 e. The average molecular weight is 438 g/mol. The lowest BCUT2D eigenvalue weighted by Gasteiger charge is -2.10. The Morgan fingerprint density at radius 2 is 1.58 bits per heavy atom. The highest BCUT2D eigenvalue weighted by molar-refractivity contribution is 5.94. The summed E-state index contributed by atoms with van der Waals surface area (Å²) in [7, 11) is 0. The van der Waals surface area contributed by atoms with Gasteiger partial charge in [-0.1, -0.05) is 6.07 Å². The monoisotopic (exact) mass is 438 g/mol. The van der Waals surface area contributed by atoms with Crippen molar-refractivity contribution in [2.75, 3.05) is 23.8 Å². The molecule has 0 aliphatic heterocycles. The highest BCUT2D eigenvalue weighted by Crippen LogP contribution is 2.30. The van der Waals surface area contributed by atoms with E-state index < -0.39 is 36.1 Å². The lowest BCUT2D eigenvalue weighted by molar-refractivity contribution is -0.147. The topological polar surface area (TPSA) is 93.7 Å². The van der Waals surface area contributed by atoms with Crippen LogP contribution in [0.25, 0.3) is 0 Å². The smallest absolute Gasteiger partial charge is 0.416 e. The van der Waals surface area contributed by atoms with Gasteiger partial charge in [0.05, 0.1) is 18.6 Å². The van der Waals surface area contributed by atoms with Crippen LogP contribution in [0.2, 0.25) is 0 Å². The minimum atomic E-state index is -4.53. The number of alkyl halides is 3. The van der Waals surface area contributed by atoms with Gasteiger partial charge in [0.1, 0.15) is 5.75 Å². The van der Waals surface area contributed by atoms with Crippen LogP contribution in [-0.4, -0.2) is 31.0 Å². The molecule has 166 valence electrons. The Morgan fingerprint density at radius 1 is 0.903 bits per heavy atom. The maximum atomic E-state index is 12.7. The average Bonchev–Trinajstić information content (AvgIpc) is 2.72. The van der Waals surface area contributed by atoms with Gasteiger partial charge in [-0.2, -0.15) is 13.2 Å². The van der Waals surface area contributed by atoms with Crippen LogP contribution in [0.1, 0.15) is 25.3 Å². The Hall–Kier alpha value is -3.56. The van der Waals surface area contributed by atoms with Gasteiger partial charge < -0.3 is 20.1 Å². The number of hydrogen-bond acceptors (Lipinski definition) is 5. The third kappa shape index (κ3) is 8.37. The first kappa shape index (κ1) is 23.7. The molecule has 0 bridgehead atoms. The van der Waals surface area contributed by atoms with E-state index in [0.717, 1.165) is 18.2 Å². The Labute approximate surface area is 176 Å². The number of esters is 1. The standard InChI is InChI=1S/C21H21F3N2O5/c1-2-30-17-8-6-15(7-9-17)25-19(28)13-31-20(29)11-10-18(27)26-16-5-3-4-14(12-16)21(22,23)24/h3-9,12H,2,10-11,13H2,1H3,(H,25,28)(H,26,27). The molecule has 0 aliphatic rings. The Morgan fingerprint density at radius 3 is 2.23 bits per heavy atom. The fourth-order valence-electron chi connectivity index (χ4n) is 2.43. The molecule has 2 aromatic rings. The van der Waals surface area contributed by atoms with E-state index in [0.29, 0.717) is 18.0 Å². The van der Waals surface area contributed by atoms with E-state index in [9.17, 15) is 27.6 Å². The number of halogens is 3. The van der Waals surface area contributed by atoms with Crippen molar-refractivity contribution < 1.29 is 37.0 Å². The van der Waals surface area contributed by atoms with Crippen LogP contribution < -0.4 is 15.4 Å². The number of benzene rings is 2. The van der Waals surface area contributed by atoms with Gasteiger partial charge in [-0.25, -0.2) is 0 Å². The molecular weight excluding hydrogens is 417 g/mol. The lowest BCUT2D eigenvalue weighted by atomic mass is 10.2. The Kier molecular flexibility index (Phi) is 8.42. The van der Waals surface area contributed by atoms with Gasteiger partial charge in [-0.3, -0.25) is 14.4 Å². The first-order chi connectivity index (χ1) is 14.7. The zero-order chi connectivity index (χ0) is 22.9. The van der Waals surface area contributed by atoms with E-state index in [2.05, 4.69) is 10.6 Å². The van der Waals surface area contributed by atoms with Crippen LogP contribution in [0.15, 0.2) is 48.5 Å². The molecule has 0 radical (unpaired) electrons. The molecule has 0 atom stereocenters. The van der Waals surface area contributed by atoms with E-state index in [1.165, 1.54) is 6.07 Å². The number of nitrogens with one attached hydrogen (secondary N) is 2. The largest absolute Gasteiger partial charge is 0.494 e. The summed E-state index contributed by atoms with van der Waals surface area (Å²) in [6.45, 7) is 1.82. The van der Waals surface area contributed by atoms with Gasteiger partial charge in [0.15, 0.2) is 6.61 Å². The van der Waals surface area contributed by atoms with E-state index in [-0.39, 0.29) is 18.5 Å². The van der Waals surface area contributed by atoms with Crippen molar-refractivity contribution in [1.82, 2.24) is 0 Å². The van der Waals surface area contributed by atoms with Crippen molar-refractivity contribution in [3.63, 3.8) is 0 Å². The summed E-state index contributed by atoms with van der Waals surface area (Å²) in [5, 5.41) is 4.82. The minimum absolute atomic E-state index is 0.0390. The van der Waals surface area contributed by atoms with Crippen molar-refractivity contribution in [3.05, 3.63) is 54.1 Å². The number of rotatable bonds is 9. The van der Waals surface area contributed by atoms with E-state index in [1.54, 1.807) is 24.3 Å². The van der Waals surface area contributed by atoms with Crippen molar-refractivity contribution >= 4 is 29.2 Å². The molecule has 2 amide bonds. The van der Waals surface area contributed by atoms with Gasteiger partial charge in [0.2, 0.25) is 5.91 Å². The first-order valence-corrected chi connectivity index (χ1v) is 9.33. The Balaban J connectivity index is 1.71. The predicted octanol–water partition coefficient (Wildman–Crippen LogP) is 4.00. The summed E-state index contributed by atoms with van der Waals surface area (Å²) in [5.41, 5.74) is -0.448. The van der Waals surface area contributed by atoms with Gasteiger partial charge in [0.25, 0.3) is 5.91 Å². The van der Waals surface area contributed by atoms with Gasteiger partial charge >= 0.3 is 12.1 Å². The van der Waals surface area contributed by atoms with Crippen LogP contribution in [-0.2, 0) is 25.3 Å². The molecule has 2 N–H and O–H groups in total. The molecule has 31 heavy (non-hydrogen) atoms. The highest BCUT2D eigenvalue weighted by Gasteiger charge is 2.30. The Bertz CT molecular complexity index is 914. The molecule has 0 saturated heterocycles. The second-order valence-corrected chi connectivity index (χ2v) is 6.29. The summed E-state index contributed by atoms with van der Waals surface area (Å²) < 4.78 is 48.1. The summed E-state index contributed by atoms with van der Waals surface area (Å²) in [6, 6.07) is 10.7. The van der Waals surface area contributed by atoms with Crippen LogP contribution in [0.5, 0.6) is 5.75 Å². The summed E-state index contributed by atoms with van der Waals surface area (Å²) in [6.07, 6.45) is -5.17. The van der Waals surface area contributed by atoms with E-state index in [4.69, 9.17) is 9.47 Å². The summed E-state index contributed by atoms with van der Waals surface area (Å²) >= 11 is 0. The molecule has 0 aromatic heterocycles. The van der Waals surface area contributed by atoms with Crippen LogP contribution in [0.4, 0.5) is 24.5 Å². The molecule has 0 heterocycles. The number of amides is 2. The van der Waals surface area contributed by atoms with Crippen LogP contribution in [0.3, 0.4) is 0 Å². The summed E-state index contributed by atoms with van der Waals surface area (Å²) in [4.78, 5) is 35.4. The van der Waals surface area contributed by atoms with Crippen molar-refractivity contribution in [2.45, 2.75) is 25.9 Å². The molecule has 0 unspecified atom stereocenters. The van der Waals surface area contributed by atoms with Crippen molar-refractivity contribution in [1.29, 1.82) is 0 Å². The summed E-state index contributed by atoms with van der Waals surface area (Å²) in [5.74, 6) is -1.36. The number of carbonyl (C=O) groups is 3. The first-order valence-electron chi connectivity index (χ1n) is 9.33. The molecule has 0 aliphatic carbocycles.